The lowest BCUT2D eigenvalue weighted by Crippen LogP contribution is -2.55. The van der Waals surface area contributed by atoms with E-state index in [-0.39, 0.29) is 11.8 Å². The van der Waals surface area contributed by atoms with Gasteiger partial charge in [0.05, 0.1) is 5.69 Å². The maximum atomic E-state index is 12.1. The highest BCUT2D eigenvalue weighted by Crippen LogP contribution is 2.20. The maximum Gasteiger partial charge on any atom is 0.247 e. The molecule has 108 valence electrons. The van der Waals surface area contributed by atoms with E-state index in [0.29, 0.717) is 18.2 Å². The third-order valence-electron chi connectivity index (χ3n) is 3.37. The van der Waals surface area contributed by atoms with E-state index in [9.17, 15) is 9.59 Å². The molecule has 2 rings (SSSR count). The van der Waals surface area contributed by atoms with Gasteiger partial charge in [-0.3, -0.25) is 14.3 Å². The Kier molecular flexibility index (Phi) is 4.13. The summed E-state index contributed by atoms with van der Waals surface area (Å²) < 4.78 is 1.55. The molecule has 0 saturated carbocycles. The van der Waals surface area contributed by atoms with E-state index in [2.05, 4.69) is 10.4 Å². The fourth-order valence-electron chi connectivity index (χ4n) is 2.17. The number of hydrogen-bond acceptors (Lipinski definition) is 3. The molecule has 20 heavy (non-hydrogen) atoms. The van der Waals surface area contributed by atoms with Crippen molar-refractivity contribution in [1.82, 2.24) is 20.0 Å². The van der Waals surface area contributed by atoms with Crippen molar-refractivity contribution in [3.63, 3.8) is 0 Å². The van der Waals surface area contributed by atoms with Crippen molar-refractivity contribution in [3.05, 3.63) is 22.5 Å². The van der Waals surface area contributed by atoms with Crippen LogP contribution in [0.3, 0.4) is 0 Å². The largest absolute Gasteiger partial charge is 0.353 e. The number of nitrogens with zero attached hydrogens (tertiary/aromatic N) is 3. The number of rotatable bonds is 2. The first-order chi connectivity index (χ1) is 9.41. The van der Waals surface area contributed by atoms with E-state index in [0.717, 1.165) is 11.3 Å². The van der Waals surface area contributed by atoms with Gasteiger partial charge in [-0.25, -0.2) is 0 Å². The number of piperazine rings is 1. The number of carbonyl (C=O) groups excluding carboxylic acids is 2. The topological polar surface area (TPSA) is 67.2 Å². The van der Waals surface area contributed by atoms with Crippen LogP contribution in [0.5, 0.6) is 0 Å². The van der Waals surface area contributed by atoms with Gasteiger partial charge in [-0.05, 0) is 19.9 Å². The summed E-state index contributed by atoms with van der Waals surface area (Å²) in [7, 11) is 1.74. The third-order valence-corrected chi connectivity index (χ3v) is 3.82. The van der Waals surface area contributed by atoms with Crippen molar-refractivity contribution in [2.24, 2.45) is 7.05 Å². The van der Waals surface area contributed by atoms with Crippen molar-refractivity contribution in [1.29, 1.82) is 0 Å². The number of hydrogen-bond donors (Lipinski definition) is 1. The van der Waals surface area contributed by atoms with Crippen molar-refractivity contribution < 1.29 is 9.59 Å². The number of halogens is 1. The Hall–Kier alpha value is -1.82. The van der Waals surface area contributed by atoms with Crippen LogP contribution < -0.4 is 5.32 Å². The molecule has 2 amide bonds. The summed E-state index contributed by atoms with van der Waals surface area (Å²) in [5, 5.41) is 7.38. The molecule has 0 spiro atoms. The van der Waals surface area contributed by atoms with Crippen LogP contribution in [0.25, 0.3) is 6.08 Å². The van der Waals surface area contributed by atoms with Crippen molar-refractivity contribution in [3.8, 4) is 0 Å². The molecule has 1 aliphatic rings. The summed E-state index contributed by atoms with van der Waals surface area (Å²) in [4.78, 5) is 25.2. The monoisotopic (exact) mass is 296 g/mol. The Morgan fingerprint density at radius 2 is 2.25 bits per heavy atom. The highest BCUT2D eigenvalue weighted by Gasteiger charge is 2.27. The van der Waals surface area contributed by atoms with Gasteiger partial charge in [-0.2, -0.15) is 5.10 Å². The maximum absolute atomic E-state index is 12.1. The summed E-state index contributed by atoms with van der Waals surface area (Å²) in [6, 6.07) is -0.452. The van der Waals surface area contributed by atoms with Gasteiger partial charge >= 0.3 is 0 Å². The molecule has 1 aliphatic heterocycles. The van der Waals surface area contributed by atoms with Crippen LogP contribution in [-0.2, 0) is 16.6 Å². The van der Waals surface area contributed by atoms with Gasteiger partial charge in [0.1, 0.15) is 11.2 Å². The molecule has 1 aromatic rings. The highest BCUT2D eigenvalue weighted by molar-refractivity contribution is 6.31. The van der Waals surface area contributed by atoms with E-state index in [1.54, 1.807) is 24.7 Å². The van der Waals surface area contributed by atoms with Crippen LogP contribution in [0.2, 0.25) is 5.15 Å². The molecule has 2 heterocycles. The van der Waals surface area contributed by atoms with Crippen LogP contribution >= 0.6 is 11.6 Å². The van der Waals surface area contributed by atoms with E-state index in [1.807, 2.05) is 6.92 Å². The predicted octanol–water partition coefficient (Wildman–Crippen LogP) is 0.742. The van der Waals surface area contributed by atoms with Crippen LogP contribution in [-0.4, -0.2) is 45.6 Å². The zero-order valence-electron chi connectivity index (χ0n) is 11.7. The average molecular weight is 297 g/mol. The first-order valence-electron chi connectivity index (χ1n) is 6.37. The third kappa shape index (κ3) is 2.70. The summed E-state index contributed by atoms with van der Waals surface area (Å²) in [6.45, 7) is 4.53. The summed E-state index contributed by atoms with van der Waals surface area (Å²) >= 11 is 6.10. The molecule has 0 radical (unpaired) electrons. The van der Waals surface area contributed by atoms with Gasteiger partial charge < -0.3 is 10.2 Å². The second-order valence-corrected chi connectivity index (χ2v) is 5.10. The number of amides is 2. The molecule has 1 N–H and O–H groups in total. The normalized spacial score (nSPS) is 19.5. The molecule has 7 heteroatoms. The van der Waals surface area contributed by atoms with Gasteiger partial charge in [0.25, 0.3) is 0 Å². The Morgan fingerprint density at radius 1 is 1.55 bits per heavy atom. The molecule has 1 aromatic heterocycles. The second-order valence-electron chi connectivity index (χ2n) is 4.75. The summed E-state index contributed by atoms with van der Waals surface area (Å²) in [6.07, 6.45) is 3.08. The molecular weight excluding hydrogens is 280 g/mol. The van der Waals surface area contributed by atoms with Crippen LogP contribution in [0, 0.1) is 6.92 Å². The van der Waals surface area contributed by atoms with Crippen LogP contribution in [0.1, 0.15) is 18.2 Å². The Balaban J connectivity index is 2.15. The molecule has 6 nitrogen and oxygen atoms in total. The average Bonchev–Trinajstić information content (AvgIpc) is 2.64. The Bertz CT molecular complexity index is 579. The minimum atomic E-state index is -0.452. The zero-order chi connectivity index (χ0) is 14.9. The van der Waals surface area contributed by atoms with Crippen molar-refractivity contribution >= 4 is 29.5 Å². The summed E-state index contributed by atoms with van der Waals surface area (Å²) in [5.74, 6) is -0.333. The van der Waals surface area contributed by atoms with Gasteiger partial charge in [0.15, 0.2) is 0 Å². The van der Waals surface area contributed by atoms with Crippen molar-refractivity contribution in [2.45, 2.75) is 19.9 Å². The molecule has 1 unspecified atom stereocenters. The van der Waals surface area contributed by atoms with Crippen LogP contribution in [0.15, 0.2) is 6.08 Å². The molecule has 0 aromatic carbocycles. The number of aromatic nitrogens is 2. The predicted molar refractivity (Wildman–Crippen MR) is 76.2 cm³/mol. The fourth-order valence-corrected chi connectivity index (χ4v) is 2.41. The SMILES string of the molecule is Cc1nn(C)c(Cl)c1/C=C/C(=O)N1CCNC(=O)C1C. The molecule has 1 fully saturated rings. The lowest BCUT2D eigenvalue weighted by atomic mass is 10.2. The van der Waals surface area contributed by atoms with Gasteiger partial charge in [-0.1, -0.05) is 11.6 Å². The first-order valence-corrected chi connectivity index (χ1v) is 6.75. The molecule has 1 saturated heterocycles. The molecule has 0 bridgehead atoms. The minimum absolute atomic E-state index is 0.131. The minimum Gasteiger partial charge on any atom is -0.353 e. The standard InChI is InChI=1S/C13H17ClN4O2/c1-8-10(12(14)17(3)16-8)4-5-11(19)18-7-6-15-13(20)9(18)2/h4-5,9H,6-7H2,1-3H3,(H,15,20)/b5-4+. The highest BCUT2D eigenvalue weighted by atomic mass is 35.5. The zero-order valence-corrected chi connectivity index (χ0v) is 12.4. The molecule has 1 atom stereocenters. The second kappa shape index (κ2) is 5.66. The lowest BCUT2D eigenvalue weighted by Gasteiger charge is -2.31. The van der Waals surface area contributed by atoms with Gasteiger partial charge in [0.2, 0.25) is 11.8 Å². The lowest BCUT2D eigenvalue weighted by molar-refractivity contribution is -0.139. The molecular formula is C13H17ClN4O2. The Morgan fingerprint density at radius 3 is 2.85 bits per heavy atom. The van der Waals surface area contributed by atoms with Crippen LogP contribution in [0.4, 0.5) is 0 Å². The van der Waals surface area contributed by atoms with E-state index in [1.165, 1.54) is 11.0 Å². The van der Waals surface area contributed by atoms with E-state index < -0.39 is 6.04 Å². The van der Waals surface area contributed by atoms with Gasteiger partial charge in [0, 0.05) is 31.8 Å². The number of carbonyl (C=O) groups is 2. The number of nitrogens with one attached hydrogen (secondary N) is 1. The molecule has 0 aliphatic carbocycles. The van der Waals surface area contributed by atoms with E-state index >= 15 is 0 Å². The number of aryl methyl sites for hydroxylation is 2. The fraction of sp³-hybridized carbons (Fsp3) is 0.462. The first kappa shape index (κ1) is 14.6. The van der Waals surface area contributed by atoms with Crippen molar-refractivity contribution in [2.75, 3.05) is 13.1 Å². The summed E-state index contributed by atoms with van der Waals surface area (Å²) in [5.41, 5.74) is 1.47. The smallest absolute Gasteiger partial charge is 0.247 e. The Labute approximate surface area is 122 Å². The quantitative estimate of drug-likeness (QED) is 0.819. The van der Waals surface area contributed by atoms with E-state index in [4.69, 9.17) is 11.6 Å². The van der Waals surface area contributed by atoms with Gasteiger partial charge in [-0.15, -0.1) is 0 Å².